The number of benzene rings is 1. The molecule has 1 aliphatic rings. The number of nitrogens with zero attached hydrogens (tertiary/aromatic N) is 3. The van der Waals surface area contributed by atoms with Crippen LogP contribution in [0.3, 0.4) is 0 Å². The lowest BCUT2D eigenvalue weighted by molar-refractivity contribution is 0.0743. The fourth-order valence-electron chi connectivity index (χ4n) is 3.08. The van der Waals surface area contributed by atoms with Crippen LogP contribution in [0, 0.1) is 13.8 Å². The van der Waals surface area contributed by atoms with E-state index in [-0.39, 0.29) is 11.5 Å². The number of hydrogen-bond acceptors (Lipinski definition) is 5. The molecule has 25 heavy (non-hydrogen) atoms. The van der Waals surface area contributed by atoms with Gasteiger partial charge in [0.1, 0.15) is 11.3 Å². The van der Waals surface area contributed by atoms with Crippen molar-refractivity contribution in [3.8, 4) is 5.75 Å². The molecule has 0 atom stereocenters. The average molecular weight is 342 g/mol. The van der Waals surface area contributed by atoms with Crippen molar-refractivity contribution < 1.29 is 9.53 Å². The third-order valence-corrected chi connectivity index (χ3v) is 4.68. The number of rotatable bonds is 3. The molecule has 1 fully saturated rings. The van der Waals surface area contributed by atoms with Crippen LogP contribution in [-0.4, -0.2) is 54.3 Å². The van der Waals surface area contributed by atoms with Crippen LogP contribution in [0.2, 0.25) is 0 Å². The molecule has 7 nitrogen and oxygen atoms in total. The number of aromatic nitrogens is 2. The second kappa shape index (κ2) is 6.96. The van der Waals surface area contributed by atoms with Gasteiger partial charge < -0.3 is 14.5 Å². The molecule has 2 aromatic rings. The number of carbonyl (C=O) groups is 1. The maximum absolute atomic E-state index is 12.8. The predicted molar refractivity (Wildman–Crippen MR) is 95.4 cm³/mol. The van der Waals surface area contributed by atoms with Gasteiger partial charge in [0.05, 0.1) is 18.5 Å². The fraction of sp³-hybridized carbons (Fsp3) is 0.389. The summed E-state index contributed by atoms with van der Waals surface area (Å²) >= 11 is 0. The molecule has 1 aromatic carbocycles. The highest BCUT2D eigenvalue weighted by Crippen LogP contribution is 2.28. The van der Waals surface area contributed by atoms with E-state index in [1.165, 1.54) is 0 Å². The summed E-state index contributed by atoms with van der Waals surface area (Å²) in [6, 6.07) is 7.84. The lowest BCUT2D eigenvalue weighted by Gasteiger charge is -2.36. The number of hydrogen-bond donors (Lipinski definition) is 1. The number of ether oxygens (including phenoxy) is 1. The monoisotopic (exact) mass is 342 g/mol. The Morgan fingerprint density at radius 2 is 1.84 bits per heavy atom. The number of nitrogens with one attached hydrogen (secondary N) is 1. The number of carbonyl (C=O) groups excluding carboxylic acids is 1. The molecular weight excluding hydrogens is 320 g/mol. The minimum Gasteiger partial charge on any atom is -0.495 e. The molecular formula is C18H22N4O3. The van der Waals surface area contributed by atoms with Crippen molar-refractivity contribution in [2.75, 3.05) is 38.2 Å². The number of amides is 1. The first-order chi connectivity index (χ1) is 12.0. The second-order valence-corrected chi connectivity index (χ2v) is 6.09. The van der Waals surface area contributed by atoms with E-state index in [4.69, 9.17) is 4.74 Å². The topological polar surface area (TPSA) is 78.5 Å². The van der Waals surface area contributed by atoms with Crippen LogP contribution in [0.1, 0.15) is 21.6 Å². The smallest absolute Gasteiger partial charge is 0.277 e. The van der Waals surface area contributed by atoms with Crippen molar-refractivity contribution in [2.45, 2.75) is 13.8 Å². The summed E-state index contributed by atoms with van der Waals surface area (Å²) in [6.45, 7) is 6.02. The summed E-state index contributed by atoms with van der Waals surface area (Å²) in [5.41, 5.74) is 2.08. The van der Waals surface area contributed by atoms with Crippen molar-refractivity contribution in [1.29, 1.82) is 0 Å². The van der Waals surface area contributed by atoms with Crippen molar-refractivity contribution in [2.24, 2.45) is 0 Å². The highest BCUT2D eigenvalue weighted by Gasteiger charge is 2.26. The molecule has 1 amide bonds. The minimum atomic E-state index is -0.430. The van der Waals surface area contributed by atoms with Gasteiger partial charge in [-0.15, -0.1) is 0 Å². The van der Waals surface area contributed by atoms with Crippen LogP contribution in [0.5, 0.6) is 5.75 Å². The van der Waals surface area contributed by atoms with E-state index in [1.807, 2.05) is 24.3 Å². The molecule has 132 valence electrons. The molecule has 1 N–H and O–H groups in total. The van der Waals surface area contributed by atoms with E-state index in [1.54, 1.807) is 25.9 Å². The van der Waals surface area contributed by atoms with E-state index >= 15 is 0 Å². The van der Waals surface area contributed by atoms with Gasteiger partial charge in [0, 0.05) is 26.2 Å². The van der Waals surface area contributed by atoms with Crippen LogP contribution < -0.4 is 15.2 Å². The number of piperazine rings is 1. The van der Waals surface area contributed by atoms with Gasteiger partial charge in [-0.2, -0.15) is 5.10 Å². The highest BCUT2D eigenvalue weighted by molar-refractivity contribution is 5.95. The number of methoxy groups -OCH3 is 1. The molecule has 7 heteroatoms. The lowest BCUT2D eigenvalue weighted by Crippen LogP contribution is -2.50. The molecule has 0 bridgehead atoms. The Morgan fingerprint density at radius 3 is 2.52 bits per heavy atom. The Labute approximate surface area is 146 Å². The molecule has 0 saturated carbocycles. The Morgan fingerprint density at radius 1 is 1.16 bits per heavy atom. The van der Waals surface area contributed by atoms with E-state index in [2.05, 4.69) is 15.1 Å². The number of aryl methyl sites for hydroxylation is 1. The normalized spacial score (nSPS) is 14.5. The summed E-state index contributed by atoms with van der Waals surface area (Å²) < 4.78 is 5.41. The zero-order valence-corrected chi connectivity index (χ0v) is 14.7. The summed E-state index contributed by atoms with van der Waals surface area (Å²) in [5, 5.41) is 6.31. The summed E-state index contributed by atoms with van der Waals surface area (Å²) in [5.74, 6) is 0.586. The molecule has 0 aliphatic carbocycles. The van der Waals surface area contributed by atoms with Gasteiger partial charge in [0.2, 0.25) is 0 Å². The molecule has 3 rings (SSSR count). The van der Waals surface area contributed by atoms with Gasteiger partial charge >= 0.3 is 0 Å². The first-order valence-electron chi connectivity index (χ1n) is 8.26. The average Bonchev–Trinajstić information content (AvgIpc) is 2.65. The molecule has 2 heterocycles. The Bertz CT molecular complexity index is 838. The van der Waals surface area contributed by atoms with E-state index < -0.39 is 5.56 Å². The van der Waals surface area contributed by atoms with Gasteiger partial charge in [-0.1, -0.05) is 12.1 Å². The SMILES string of the molecule is COc1ccccc1N1CCN(C(=O)c2c(C)c(C)n[nH]c2=O)CC1. The standard InChI is InChI=1S/C18H22N4O3/c1-12-13(2)19-20-17(23)16(12)18(24)22-10-8-21(9-11-22)14-6-4-5-7-15(14)25-3/h4-7H,8-11H2,1-3H3,(H,20,23). The second-order valence-electron chi connectivity index (χ2n) is 6.09. The Balaban J connectivity index is 1.76. The lowest BCUT2D eigenvalue weighted by atomic mass is 10.1. The zero-order valence-electron chi connectivity index (χ0n) is 14.7. The van der Waals surface area contributed by atoms with E-state index in [0.29, 0.717) is 37.4 Å². The number of aromatic amines is 1. The van der Waals surface area contributed by atoms with E-state index in [0.717, 1.165) is 11.4 Å². The van der Waals surface area contributed by atoms with Crippen LogP contribution in [0.25, 0.3) is 0 Å². The Kier molecular flexibility index (Phi) is 4.74. The van der Waals surface area contributed by atoms with Crippen molar-refractivity contribution in [3.05, 3.63) is 51.4 Å². The van der Waals surface area contributed by atoms with Gasteiger partial charge in [-0.3, -0.25) is 9.59 Å². The summed E-state index contributed by atoms with van der Waals surface area (Å²) in [7, 11) is 1.65. The van der Waals surface area contributed by atoms with Gasteiger partial charge in [0.15, 0.2) is 0 Å². The maximum atomic E-state index is 12.8. The first-order valence-corrected chi connectivity index (χ1v) is 8.26. The predicted octanol–water partition coefficient (Wildman–Crippen LogP) is 1.36. The largest absolute Gasteiger partial charge is 0.495 e. The summed E-state index contributed by atoms with van der Waals surface area (Å²) in [4.78, 5) is 28.8. The van der Waals surface area contributed by atoms with Crippen molar-refractivity contribution in [3.63, 3.8) is 0 Å². The molecule has 1 aromatic heterocycles. The molecule has 0 spiro atoms. The van der Waals surface area contributed by atoms with E-state index in [9.17, 15) is 9.59 Å². The molecule has 0 unspecified atom stereocenters. The highest BCUT2D eigenvalue weighted by atomic mass is 16.5. The number of anilines is 1. The molecule has 1 saturated heterocycles. The quantitative estimate of drug-likeness (QED) is 0.911. The Hall–Kier alpha value is -2.83. The van der Waals surface area contributed by atoms with Gasteiger partial charge in [-0.25, -0.2) is 5.10 Å². The van der Waals surface area contributed by atoms with Crippen molar-refractivity contribution >= 4 is 11.6 Å². The summed E-state index contributed by atoms with van der Waals surface area (Å²) in [6.07, 6.45) is 0. The molecule has 0 radical (unpaired) electrons. The third-order valence-electron chi connectivity index (χ3n) is 4.68. The fourth-order valence-corrected chi connectivity index (χ4v) is 3.08. The van der Waals surface area contributed by atoms with Crippen LogP contribution >= 0.6 is 0 Å². The molecule has 1 aliphatic heterocycles. The van der Waals surface area contributed by atoms with Crippen LogP contribution in [0.4, 0.5) is 5.69 Å². The van der Waals surface area contributed by atoms with Crippen molar-refractivity contribution in [1.82, 2.24) is 15.1 Å². The van der Waals surface area contributed by atoms with Gasteiger partial charge in [0.25, 0.3) is 11.5 Å². The number of para-hydroxylation sites is 2. The number of H-pyrrole nitrogens is 1. The van der Waals surface area contributed by atoms with Crippen LogP contribution in [0.15, 0.2) is 29.1 Å². The first kappa shape index (κ1) is 17.0. The minimum absolute atomic E-state index is 0.193. The third kappa shape index (κ3) is 3.22. The maximum Gasteiger partial charge on any atom is 0.277 e. The van der Waals surface area contributed by atoms with Gasteiger partial charge in [-0.05, 0) is 31.5 Å². The zero-order chi connectivity index (χ0) is 18.0. The van der Waals surface area contributed by atoms with Crippen LogP contribution in [-0.2, 0) is 0 Å².